The van der Waals surface area contributed by atoms with Gasteiger partial charge < -0.3 is 0 Å². The van der Waals surface area contributed by atoms with Crippen molar-refractivity contribution < 1.29 is 0 Å². The molecule has 2 aromatic heterocycles. The average molecular weight is 298 g/mol. The first kappa shape index (κ1) is 13.8. The highest BCUT2D eigenvalue weighted by atomic mass is 35.5. The van der Waals surface area contributed by atoms with E-state index < -0.39 is 0 Å². The van der Waals surface area contributed by atoms with E-state index in [1.807, 2.05) is 47.5 Å². The van der Waals surface area contributed by atoms with Crippen LogP contribution in [0.3, 0.4) is 0 Å². The highest BCUT2D eigenvalue weighted by Crippen LogP contribution is 2.27. The lowest BCUT2D eigenvalue weighted by molar-refractivity contribution is 0.845. The molecule has 1 aromatic carbocycles. The van der Waals surface area contributed by atoms with Crippen LogP contribution in [0.4, 0.5) is 0 Å². The summed E-state index contributed by atoms with van der Waals surface area (Å²) in [6.07, 6.45) is 7.45. The van der Waals surface area contributed by atoms with Crippen LogP contribution in [0.2, 0.25) is 5.02 Å². The van der Waals surface area contributed by atoms with Crippen molar-refractivity contribution in [2.24, 2.45) is 0 Å². The molecule has 0 saturated heterocycles. The van der Waals surface area contributed by atoms with E-state index in [2.05, 4.69) is 30.0 Å². The summed E-state index contributed by atoms with van der Waals surface area (Å²) in [4.78, 5) is 4.14. The second kappa shape index (κ2) is 5.70. The van der Waals surface area contributed by atoms with E-state index in [1.165, 1.54) is 0 Å². The molecule has 0 spiro atoms. The molecule has 3 nitrogen and oxygen atoms in total. The van der Waals surface area contributed by atoms with Crippen molar-refractivity contribution in [1.29, 1.82) is 0 Å². The van der Waals surface area contributed by atoms with Crippen LogP contribution in [0.15, 0.2) is 55.1 Å². The van der Waals surface area contributed by atoms with Gasteiger partial charge >= 0.3 is 0 Å². The Morgan fingerprint density at radius 2 is 1.95 bits per heavy atom. The first-order valence-corrected chi connectivity index (χ1v) is 7.28. The summed E-state index contributed by atoms with van der Waals surface area (Å²) >= 11 is 6.24. The lowest BCUT2D eigenvalue weighted by atomic mass is 10.0. The molecule has 0 aliphatic rings. The molecule has 0 atom stereocenters. The van der Waals surface area contributed by atoms with Crippen LogP contribution in [-0.2, 0) is 0 Å². The zero-order chi connectivity index (χ0) is 14.8. The van der Waals surface area contributed by atoms with Crippen LogP contribution in [-0.4, -0.2) is 14.8 Å². The molecule has 0 fully saturated rings. The summed E-state index contributed by atoms with van der Waals surface area (Å²) in [5, 5.41) is 5.24. The summed E-state index contributed by atoms with van der Waals surface area (Å²) in [7, 11) is 0. The molecule has 0 amide bonds. The van der Waals surface area contributed by atoms with Gasteiger partial charge in [-0.1, -0.05) is 31.5 Å². The molecular formula is C17H16ClN3. The van der Waals surface area contributed by atoms with Gasteiger partial charge in [0.05, 0.1) is 11.9 Å². The summed E-state index contributed by atoms with van der Waals surface area (Å²) < 4.78 is 1.87. The van der Waals surface area contributed by atoms with E-state index in [1.54, 1.807) is 6.20 Å². The van der Waals surface area contributed by atoms with Crippen molar-refractivity contribution in [2.75, 3.05) is 0 Å². The molecule has 0 aliphatic heterocycles. The molecule has 4 heteroatoms. The quantitative estimate of drug-likeness (QED) is 0.701. The molecule has 0 bridgehead atoms. The Balaban J connectivity index is 1.99. The van der Waals surface area contributed by atoms with Gasteiger partial charge in [-0.2, -0.15) is 5.10 Å². The van der Waals surface area contributed by atoms with Crippen LogP contribution in [0.5, 0.6) is 0 Å². The number of hydrogen-bond acceptors (Lipinski definition) is 2. The molecular weight excluding hydrogens is 282 g/mol. The first-order valence-electron chi connectivity index (χ1n) is 6.90. The standard InChI is InChI=1S/C17H16ClN3/c1-12(2)16-8-15(5-6-17(16)18)21-11-14(10-20-21)13-4-3-7-19-9-13/h3-12H,1-2H3. The number of halogens is 1. The highest BCUT2D eigenvalue weighted by molar-refractivity contribution is 6.31. The molecule has 0 N–H and O–H groups in total. The number of nitrogens with zero attached hydrogens (tertiary/aromatic N) is 3. The van der Waals surface area contributed by atoms with E-state index in [0.717, 1.165) is 27.4 Å². The van der Waals surface area contributed by atoms with Crippen LogP contribution >= 0.6 is 11.6 Å². The number of aromatic nitrogens is 3. The first-order chi connectivity index (χ1) is 10.1. The SMILES string of the molecule is CC(C)c1cc(-n2cc(-c3cccnc3)cn2)ccc1Cl. The summed E-state index contributed by atoms with van der Waals surface area (Å²) in [6.45, 7) is 4.27. The topological polar surface area (TPSA) is 30.7 Å². The van der Waals surface area contributed by atoms with Gasteiger partial charge in [0.15, 0.2) is 0 Å². The van der Waals surface area contributed by atoms with Gasteiger partial charge in [0, 0.05) is 34.7 Å². The normalized spacial score (nSPS) is 11.0. The summed E-state index contributed by atoms with van der Waals surface area (Å²) in [6, 6.07) is 9.94. The Morgan fingerprint density at radius 3 is 2.67 bits per heavy atom. The van der Waals surface area contributed by atoms with Gasteiger partial charge in [-0.05, 0) is 35.7 Å². The largest absolute Gasteiger partial charge is 0.264 e. The number of benzene rings is 1. The molecule has 106 valence electrons. The third-order valence-electron chi connectivity index (χ3n) is 3.44. The van der Waals surface area contributed by atoms with Crippen molar-refractivity contribution in [1.82, 2.24) is 14.8 Å². The van der Waals surface area contributed by atoms with Crippen LogP contribution in [0, 0.1) is 0 Å². The zero-order valence-corrected chi connectivity index (χ0v) is 12.7. The van der Waals surface area contributed by atoms with Crippen molar-refractivity contribution in [2.45, 2.75) is 19.8 Å². The van der Waals surface area contributed by atoms with E-state index in [9.17, 15) is 0 Å². The van der Waals surface area contributed by atoms with E-state index >= 15 is 0 Å². The lowest BCUT2D eigenvalue weighted by Crippen LogP contribution is -1.97. The summed E-state index contributed by atoms with van der Waals surface area (Å²) in [5.74, 6) is 0.380. The fraction of sp³-hybridized carbons (Fsp3) is 0.176. The van der Waals surface area contributed by atoms with Gasteiger partial charge in [-0.3, -0.25) is 4.98 Å². The summed E-state index contributed by atoms with van der Waals surface area (Å²) in [5.41, 5.74) is 4.25. The number of rotatable bonds is 3. The monoisotopic (exact) mass is 297 g/mol. The Labute approximate surface area is 129 Å². The average Bonchev–Trinajstić information content (AvgIpc) is 2.98. The molecule has 3 rings (SSSR count). The van der Waals surface area contributed by atoms with Crippen LogP contribution in [0.25, 0.3) is 16.8 Å². The van der Waals surface area contributed by atoms with Crippen molar-refractivity contribution in [3.8, 4) is 16.8 Å². The predicted molar refractivity (Wildman–Crippen MR) is 85.9 cm³/mol. The van der Waals surface area contributed by atoms with Gasteiger partial charge in [0.2, 0.25) is 0 Å². The predicted octanol–water partition coefficient (Wildman–Crippen LogP) is 4.71. The molecule has 0 aliphatic carbocycles. The maximum absolute atomic E-state index is 6.24. The number of pyridine rings is 1. The van der Waals surface area contributed by atoms with Crippen molar-refractivity contribution in [3.05, 3.63) is 65.7 Å². The van der Waals surface area contributed by atoms with E-state index in [4.69, 9.17) is 11.6 Å². The Hall–Kier alpha value is -2.13. The minimum absolute atomic E-state index is 0.380. The third kappa shape index (κ3) is 2.83. The van der Waals surface area contributed by atoms with Crippen molar-refractivity contribution >= 4 is 11.6 Å². The van der Waals surface area contributed by atoms with Crippen LogP contribution < -0.4 is 0 Å². The second-order valence-corrected chi connectivity index (χ2v) is 5.68. The Bertz CT molecular complexity index is 748. The smallest absolute Gasteiger partial charge is 0.0649 e. The molecule has 2 heterocycles. The Morgan fingerprint density at radius 1 is 1.10 bits per heavy atom. The van der Waals surface area contributed by atoms with Gasteiger partial charge in [0.1, 0.15) is 0 Å². The van der Waals surface area contributed by atoms with Gasteiger partial charge in [-0.25, -0.2) is 4.68 Å². The molecule has 0 unspecified atom stereocenters. The Kier molecular flexibility index (Phi) is 3.76. The van der Waals surface area contributed by atoms with Crippen LogP contribution in [0.1, 0.15) is 25.3 Å². The maximum atomic E-state index is 6.24. The molecule has 3 aromatic rings. The fourth-order valence-electron chi connectivity index (χ4n) is 2.26. The van der Waals surface area contributed by atoms with Crippen molar-refractivity contribution in [3.63, 3.8) is 0 Å². The van der Waals surface area contributed by atoms with E-state index in [-0.39, 0.29) is 0 Å². The highest BCUT2D eigenvalue weighted by Gasteiger charge is 2.09. The molecule has 0 radical (unpaired) electrons. The number of hydrogen-bond donors (Lipinski definition) is 0. The maximum Gasteiger partial charge on any atom is 0.0649 e. The van der Waals surface area contributed by atoms with Gasteiger partial charge in [-0.15, -0.1) is 0 Å². The fourth-order valence-corrected chi connectivity index (χ4v) is 2.60. The lowest BCUT2D eigenvalue weighted by Gasteiger charge is -2.10. The molecule has 21 heavy (non-hydrogen) atoms. The van der Waals surface area contributed by atoms with E-state index in [0.29, 0.717) is 5.92 Å². The second-order valence-electron chi connectivity index (χ2n) is 5.28. The van der Waals surface area contributed by atoms with Gasteiger partial charge in [0.25, 0.3) is 0 Å². The minimum Gasteiger partial charge on any atom is -0.264 e. The third-order valence-corrected chi connectivity index (χ3v) is 3.79. The minimum atomic E-state index is 0.380. The molecule has 0 saturated carbocycles. The zero-order valence-electron chi connectivity index (χ0n) is 12.0.